The summed E-state index contributed by atoms with van der Waals surface area (Å²) in [6.45, 7) is 1.89. The highest BCUT2D eigenvalue weighted by atomic mass is 19.1. The van der Waals surface area contributed by atoms with E-state index in [1.807, 2.05) is 13.0 Å². The molecule has 0 spiro atoms. The molecule has 3 aromatic rings. The molecule has 0 unspecified atom stereocenters. The molecule has 0 radical (unpaired) electrons. The fraction of sp³-hybridized carbons (Fsp3) is 0.211. The number of anilines is 2. The molecular formula is C19H19FN2O3. The lowest BCUT2D eigenvalue weighted by atomic mass is 10.1. The van der Waals surface area contributed by atoms with Crippen LogP contribution in [0.3, 0.4) is 0 Å². The molecule has 1 aromatic heterocycles. The van der Waals surface area contributed by atoms with Crippen LogP contribution in [0.15, 0.2) is 36.4 Å². The van der Waals surface area contributed by atoms with Crippen molar-refractivity contribution < 1.29 is 18.6 Å². The van der Waals surface area contributed by atoms with Crippen molar-refractivity contribution in [2.24, 2.45) is 0 Å². The minimum Gasteiger partial charge on any atom is -0.493 e. The lowest BCUT2D eigenvalue weighted by Gasteiger charge is -2.16. The standard InChI is InChI=1S/C19H19FN2O3/c1-11-7-16(14-8-12(20)5-6-15(14)21-11)22-13-9-17(23-2)19(25-4)18(10-13)24-3/h5-10H,1-4H3,(H,21,22). The molecule has 0 fully saturated rings. The Kier molecular flexibility index (Phi) is 4.61. The zero-order valence-corrected chi connectivity index (χ0v) is 14.5. The summed E-state index contributed by atoms with van der Waals surface area (Å²) in [4.78, 5) is 4.44. The highest BCUT2D eigenvalue weighted by Gasteiger charge is 2.14. The van der Waals surface area contributed by atoms with Crippen molar-refractivity contribution in [1.82, 2.24) is 4.98 Å². The SMILES string of the molecule is COc1cc(Nc2cc(C)nc3ccc(F)cc23)cc(OC)c1OC. The van der Waals surface area contributed by atoms with Crippen LogP contribution in [0.5, 0.6) is 17.2 Å². The van der Waals surface area contributed by atoms with E-state index in [9.17, 15) is 4.39 Å². The van der Waals surface area contributed by atoms with Gasteiger partial charge in [-0.15, -0.1) is 0 Å². The predicted molar refractivity (Wildman–Crippen MR) is 95.8 cm³/mol. The van der Waals surface area contributed by atoms with Crippen molar-refractivity contribution in [3.05, 3.63) is 47.9 Å². The van der Waals surface area contributed by atoms with Crippen molar-refractivity contribution >= 4 is 22.3 Å². The molecule has 1 heterocycles. The molecule has 6 heteroatoms. The van der Waals surface area contributed by atoms with Gasteiger partial charge in [-0.3, -0.25) is 4.98 Å². The van der Waals surface area contributed by atoms with Gasteiger partial charge in [0, 0.05) is 34.6 Å². The maximum atomic E-state index is 13.7. The molecule has 3 rings (SSSR count). The maximum absolute atomic E-state index is 13.7. The Morgan fingerprint density at radius 1 is 0.920 bits per heavy atom. The monoisotopic (exact) mass is 342 g/mol. The van der Waals surface area contributed by atoms with Crippen LogP contribution in [0.1, 0.15) is 5.69 Å². The Morgan fingerprint density at radius 2 is 1.60 bits per heavy atom. The number of halogens is 1. The fourth-order valence-electron chi connectivity index (χ4n) is 2.74. The first-order valence-electron chi connectivity index (χ1n) is 7.69. The number of fused-ring (bicyclic) bond motifs is 1. The van der Waals surface area contributed by atoms with E-state index in [0.717, 1.165) is 22.6 Å². The summed E-state index contributed by atoms with van der Waals surface area (Å²) in [5.74, 6) is 1.26. The molecule has 0 bridgehead atoms. The Hall–Kier alpha value is -3.02. The van der Waals surface area contributed by atoms with Gasteiger partial charge in [-0.25, -0.2) is 4.39 Å². The molecule has 130 valence electrons. The van der Waals surface area contributed by atoms with Crippen LogP contribution in [0, 0.1) is 12.7 Å². The van der Waals surface area contributed by atoms with Crippen LogP contribution in [-0.2, 0) is 0 Å². The average molecular weight is 342 g/mol. The summed E-state index contributed by atoms with van der Waals surface area (Å²) in [7, 11) is 4.67. The van der Waals surface area contributed by atoms with Crippen molar-refractivity contribution in [1.29, 1.82) is 0 Å². The van der Waals surface area contributed by atoms with E-state index in [-0.39, 0.29) is 5.82 Å². The van der Waals surface area contributed by atoms with Gasteiger partial charge >= 0.3 is 0 Å². The molecule has 5 nitrogen and oxygen atoms in total. The number of pyridine rings is 1. The van der Waals surface area contributed by atoms with E-state index in [1.54, 1.807) is 39.5 Å². The van der Waals surface area contributed by atoms with Gasteiger partial charge in [-0.2, -0.15) is 0 Å². The first kappa shape index (κ1) is 16.8. The van der Waals surface area contributed by atoms with Crippen molar-refractivity contribution in [3.8, 4) is 17.2 Å². The molecule has 25 heavy (non-hydrogen) atoms. The first-order valence-corrected chi connectivity index (χ1v) is 7.69. The largest absolute Gasteiger partial charge is 0.493 e. The van der Waals surface area contributed by atoms with Crippen LogP contribution in [0.2, 0.25) is 0 Å². The highest BCUT2D eigenvalue weighted by Crippen LogP contribution is 2.41. The Labute approximate surface area is 145 Å². The van der Waals surface area contributed by atoms with Crippen molar-refractivity contribution in [3.63, 3.8) is 0 Å². The van der Waals surface area contributed by atoms with Gasteiger partial charge in [0.15, 0.2) is 11.5 Å². The zero-order valence-electron chi connectivity index (χ0n) is 14.5. The van der Waals surface area contributed by atoms with Crippen LogP contribution >= 0.6 is 0 Å². The number of aryl methyl sites for hydroxylation is 1. The molecular weight excluding hydrogens is 323 g/mol. The summed E-state index contributed by atoms with van der Waals surface area (Å²) in [5.41, 5.74) is 3.02. The van der Waals surface area contributed by atoms with Crippen LogP contribution in [0.25, 0.3) is 10.9 Å². The normalized spacial score (nSPS) is 10.6. The minimum atomic E-state index is -0.314. The van der Waals surface area contributed by atoms with Gasteiger partial charge < -0.3 is 19.5 Å². The van der Waals surface area contributed by atoms with E-state index >= 15 is 0 Å². The molecule has 1 N–H and O–H groups in total. The number of nitrogens with zero attached hydrogens (tertiary/aromatic N) is 1. The quantitative estimate of drug-likeness (QED) is 0.742. The molecule has 0 aliphatic carbocycles. The number of hydrogen-bond acceptors (Lipinski definition) is 5. The maximum Gasteiger partial charge on any atom is 0.203 e. The number of rotatable bonds is 5. The third kappa shape index (κ3) is 3.28. The van der Waals surface area contributed by atoms with Gasteiger partial charge in [0.25, 0.3) is 0 Å². The number of benzene rings is 2. The molecule has 0 amide bonds. The second-order valence-corrected chi connectivity index (χ2v) is 5.51. The lowest BCUT2D eigenvalue weighted by molar-refractivity contribution is 0.324. The average Bonchev–Trinajstić information content (AvgIpc) is 2.61. The summed E-state index contributed by atoms with van der Waals surface area (Å²) in [6, 6.07) is 9.98. The number of ether oxygens (including phenoxy) is 3. The number of aromatic nitrogens is 1. The topological polar surface area (TPSA) is 52.6 Å². The van der Waals surface area contributed by atoms with E-state index in [2.05, 4.69) is 10.3 Å². The number of hydrogen-bond donors (Lipinski definition) is 1. The van der Waals surface area contributed by atoms with Gasteiger partial charge in [-0.05, 0) is 31.2 Å². The van der Waals surface area contributed by atoms with Crippen molar-refractivity contribution in [2.45, 2.75) is 6.92 Å². The molecule has 0 saturated carbocycles. The number of methoxy groups -OCH3 is 3. The second-order valence-electron chi connectivity index (χ2n) is 5.51. The Morgan fingerprint density at radius 3 is 2.20 bits per heavy atom. The summed E-state index contributed by atoms with van der Waals surface area (Å²) in [6.07, 6.45) is 0. The second kappa shape index (κ2) is 6.84. The third-order valence-electron chi connectivity index (χ3n) is 3.84. The van der Waals surface area contributed by atoms with E-state index in [1.165, 1.54) is 12.1 Å². The Balaban J connectivity index is 2.11. The van der Waals surface area contributed by atoms with Crippen molar-refractivity contribution in [2.75, 3.05) is 26.6 Å². The molecule has 0 saturated heterocycles. The van der Waals surface area contributed by atoms with E-state index in [4.69, 9.17) is 14.2 Å². The summed E-state index contributed by atoms with van der Waals surface area (Å²) in [5, 5.41) is 3.99. The minimum absolute atomic E-state index is 0.314. The molecule has 0 aliphatic heterocycles. The molecule has 0 atom stereocenters. The summed E-state index contributed by atoms with van der Waals surface area (Å²) < 4.78 is 29.8. The van der Waals surface area contributed by atoms with Crippen LogP contribution < -0.4 is 19.5 Å². The fourth-order valence-corrected chi connectivity index (χ4v) is 2.74. The van der Waals surface area contributed by atoms with E-state index in [0.29, 0.717) is 22.6 Å². The summed E-state index contributed by atoms with van der Waals surface area (Å²) >= 11 is 0. The molecule has 0 aliphatic rings. The first-order chi connectivity index (χ1) is 12.0. The highest BCUT2D eigenvalue weighted by molar-refractivity contribution is 5.93. The Bertz CT molecular complexity index is 903. The predicted octanol–water partition coefficient (Wildman–Crippen LogP) is 4.45. The van der Waals surface area contributed by atoms with Gasteiger partial charge in [0.1, 0.15) is 5.82 Å². The van der Waals surface area contributed by atoms with E-state index < -0.39 is 0 Å². The zero-order chi connectivity index (χ0) is 18.0. The van der Waals surface area contributed by atoms with Crippen LogP contribution in [0.4, 0.5) is 15.8 Å². The van der Waals surface area contributed by atoms with Gasteiger partial charge in [-0.1, -0.05) is 0 Å². The van der Waals surface area contributed by atoms with Gasteiger partial charge in [0.05, 0.1) is 26.8 Å². The smallest absolute Gasteiger partial charge is 0.203 e. The van der Waals surface area contributed by atoms with Crippen LogP contribution in [-0.4, -0.2) is 26.3 Å². The number of nitrogens with one attached hydrogen (secondary N) is 1. The van der Waals surface area contributed by atoms with Gasteiger partial charge in [0.2, 0.25) is 5.75 Å². The third-order valence-corrected chi connectivity index (χ3v) is 3.84. The lowest BCUT2D eigenvalue weighted by Crippen LogP contribution is -1.99. The molecule has 2 aromatic carbocycles.